The van der Waals surface area contributed by atoms with Gasteiger partial charge in [-0.25, -0.2) is 4.79 Å². The van der Waals surface area contributed by atoms with E-state index < -0.39 is 5.60 Å². The van der Waals surface area contributed by atoms with Crippen molar-refractivity contribution in [3.8, 4) is 6.07 Å². The van der Waals surface area contributed by atoms with E-state index in [2.05, 4.69) is 15.3 Å². The second kappa shape index (κ2) is 7.15. The summed E-state index contributed by atoms with van der Waals surface area (Å²) >= 11 is 0. The Balaban J connectivity index is 2.08. The second-order valence-corrected chi connectivity index (χ2v) is 7.35. The number of rotatable bonds is 1. The number of nitrogens with zero attached hydrogens (tertiary/aromatic N) is 2. The molecule has 0 spiro atoms. The highest BCUT2D eigenvalue weighted by molar-refractivity contribution is 7.27. The van der Waals surface area contributed by atoms with E-state index in [1.54, 1.807) is 4.90 Å². The lowest BCUT2D eigenvalue weighted by Gasteiger charge is -2.31. The van der Waals surface area contributed by atoms with E-state index >= 15 is 0 Å². The van der Waals surface area contributed by atoms with Gasteiger partial charge in [0, 0.05) is 13.1 Å². The number of carbonyl (C=O) groups excluding carboxylic acids is 1. The Morgan fingerprint density at radius 2 is 1.78 bits per heavy atom. The fourth-order valence-corrected chi connectivity index (χ4v) is 2.73. The molecule has 1 saturated heterocycles. The number of likely N-dealkylation sites (tertiary alicyclic amines) is 1. The third-order valence-corrected chi connectivity index (χ3v) is 4.07. The summed E-state index contributed by atoms with van der Waals surface area (Å²) in [6, 6.07) is 10.2. The number of nitriles is 1. The molecule has 1 unspecified atom stereocenters. The van der Waals surface area contributed by atoms with E-state index in [-0.39, 0.29) is 6.09 Å². The van der Waals surface area contributed by atoms with Crippen LogP contribution in [0, 0.1) is 11.3 Å². The molecule has 122 valence electrons. The highest BCUT2D eigenvalue weighted by Crippen LogP contribution is 2.27. The van der Waals surface area contributed by atoms with Crippen LogP contribution in [-0.2, 0) is 4.74 Å². The van der Waals surface area contributed by atoms with Crippen molar-refractivity contribution in [2.45, 2.75) is 39.2 Å². The lowest BCUT2D eigenvalue weighted by molar-refractivity contribution is 0.0236. The summed E-state index contributed by atoms with van der Waals surface area (Å²) in [5.41, 5.74) is 2.31. The molecule has 0 radical (unpaired) electrons. The maximum absolute atomic E-state index is 12.1. The van der Waals surface area contributed by atoms with Crippen molar-refractivity contribution in [1.82, 2.24) is 4.90 Å². The molecular weight excluding hydrogens is 307 g/mol. The third-order valence-electron chi connectivity index (χ3n) is 3.68. The van der Waals surface area contributed by atoms with Crippen molar-refractivity contribution in [3.05, 3.63) is 35.4 Å². The molecule has 0 aromatic heterocycles. The van der Waals surface area contributed by atoms with Crippen LogP contribution in [0.15, 0.2) is 29.8 Å². The standard InChI is InChI=1S/C18H23N2O2P/c1-18(2,3)22-17(21)20-10-8-14(9-11-20)16(12-19)13-4-6-15(23)7-5-13/h4-7H,8-11,23H2,1-3H3. The molecule has 1 heterocycles. The minimum Gasteiger partial charge on any atom is -0.444 e. The van der Waals surface area contributed by atoms with Crippen LogP contribution in [-0.4, -0.2) is 29.7 Å². The molecule has 23 heavy (non-hydrogen) atoms. The molecular formula is C18H23N2O2P. The highest BCUT2D eigenvalue weighted by atomic mass is 31.0. The quantitative estimate of drug-likeness (QED) is 0.585. The maximum atomic E-state index is 12.1. The lowest BCUT2D eigenvalue weighted by Crippen LogP contribution is -2.40. The zero-order valence-electron chi connectivity index (χ0n) is 13.9. The molecule has 0 bridgehead atoms. The normalized spacial score (nSPS) is 15.1. The number of ether oxygens (including phenoxy) is 1. The molecule has 1 amide bonds. The predicted octanol–water partition coefficient (Wildman–Crippen LogP) is 3.50. The molecule has 2 rings (SSSR count). The first-order chi connectivity index (χ1) is 10.8. The zero-order chi connectivity index (χ0) is 17.0. The first kappa shape index (κ1) is 17.5. The Bertz CT molecular complexity index is 641. The number of carbonyl (C=O) groups is 1. The van der Waals surface area contributed by atoms with Crippen molar-refractivity contribution in [2.75, 3.05) is 13.1 Å². The van der Waals surface area contributed by atoms with Crippen LogP contribution in [0.25, 0.3) is 5.57 Å². The molecule has 4 nitrogen and oxygen atoms in total. The van der Waals surface area contributed by atoms with Crippen LogP contribution >= 0.6 is 9.24 Å². The zero-order valence-corrected chi connectivity index (χ0v) is 15.1. The van der Waals surface area contributed by atoms with E-state index in [4.69, 9.17) is 4.74 Å². The first-order valence-corrected chi connectivity index (χ1v) is 8.34. The average Bonchev–Trinajstić information content (AvgIpc) is 2.49. The van der Waals surface area contributed by atoms with Gasteiger partial charge in [-0.3, -0.25) is 0 Å². The van der Waals surface area contributed by atoms with Crippen molar-refractivity contribution >= 4 is 26.2 Å². The summed E-state index contributed by atoms with van der Waals surface area (Å²) in [7, 11) is 2.64. The van der Waals surface area contributed by atoms with E-state index in [1.807, 2.05) is 45.0 Å². The molecule has 0 N–H and O–H groups in total. The third kappa shape index (κ3) is 4.81. The monoisotopic (exact) mass is 330 g/mol. The van der Waals surface area contributed by atoms with E-state index in [0.29, 0.717) is 25.9 Å². The van der Waals surface area contributed by atoms with Crippen molar-refractivity contribution < 1.29 is 9.53 Å². The molecule has 1 aliphatic heterocycles. The van der Waals surface area contributed by atoms with Gasteiger partial charge in [-0.05, 0) is 50.1 Å². The second-order valence-electron chi connectivity index (χ2n) is 6.68. The maximum Gasteiger partial charge on any atom is 0.410 e. The minimum atomic E-state index is -0.481. The van der Waals surface area contributed by atoms with Crippen LogP contribution in [0.1, 0.15) is 39.2 Å². The van der Waals surface area contributed by atoms with Gasteiger partial charge in [0.05, 0.1) is 11.6 Å². The molecule has 5 heteroatoms. The number of hydrogen-bond donors (Lipinski definition) is 0. The molecule has 1 atom stereocenters. The van der Waals surface area contributed by atoms with Crippen molar-refractivity contribution in [2.24, 2.45) is 0 Å². The SMILES string of the molecule is CC(C)(C)OC(=O)N1CCC(=C(C#N)c2ccc(P)cc2)CC1. The lowest BCUT2D eigenvalue weighted by atomic mass is 9.94. The first-order valence-electron chi connectivity index (χ1n) is 7.76. The molecule has 1 aliphatic rings. The number of benzene rings is 1. The van der Waals surface area contributed by atoms with Gasteiger partial charge in [0.1, 0.15) is 5.60 Å². The Morgan fingerprint density at radius 1 is 1.22 bits per heavy atom. The van der Waals surface area contributed by atoms with E-state index in [1.165, 1.54) is 0 Å². The van der Waals surface area contributed by atoms with Gasteiger partial charge in [-0.2, -0.15) is 5.26 Å². The topological polar surface area (TPSA) is 53.3 Å². The van der Waals surface area contributed by atoms with Crippen LogP contribution in [0.5, 0.6) is 0 Å². The fourth-order valence-electron chi connectivity index (χ4n) is 2.53. The van der Waals surface area contributed by atoms with Crippen molar-refractivity contribution in [3.63, 3.8) is 0 Å². The number of allylic oxidation sites excluding steroid dienone is 1. The average molecular weight is 330 g/mol. The van der Waals surface area contributed by atoms with Crippen LogP contribution in [0.2, 0.25) is 0 Å². The number of amides is 1. The fraction of sp³-hybridized carbons (Fsp3) is 0.444. The van der Waals surface area contributed by atoms with Gasteiger partial charge in [-0.15, -0.1) is 9.24 Å². The Morgan fingerprint density at radius 3 is 2.26 bits per heavy atom. The van der Waals surface area contributed by atoms with Crippen molar-refractivity contribution in [1.29, 1.82) is 5.26 Å². The summed E-state index contributed by atoms with van der Waals surface area (Å²) in [6.45, 7) is 6.78. The minimum absolute atomic E-state index is 0.276. The van der Waals surface area contributed by atoms with Gasteiger partial charge < -0.3 is 9.64 Å². The summed E-state index contributed by atoms with van der Waals surface area (Å²) in [5.74, 6) is 0. The Kier molecular flexibility index (Phi) is 5.44. The molecule has 1 fully saturated rings. The summed E-state index contributed by atoms with van der Waals surface area (Å²) < 4.78 is 5.40. The smallest absolute Gasteiger partial charge is 0.410 e. The molecule has 1 aromatic carbocycles. The number of piperidine rings is 1. The van der Waals surface area contributed by atoms with Gasteiger partial charge in [-0.1, -0.05) is 24.3 Å². The van der Waals surface area contributed by atoms with Crippen LogP contribution in [0.4, 0.5) is 4.79 Å². The summed E-state index contributed by atoms with van der Waals surface area (Å²) in [5, 5.41) is 10.6. The molecule has 0 aliphatic carbocycles. The van der Waals surface area contributed by atoms with Gasteiger partial charge in [0.15, 0.2) is 0 Å². The highest BCUT2D eigenvalue weighted by Gasteiger charge is 2.25. The summed E-state index contributed by atoms with van der Waals surface area (Å²) in [6.07, 6.45) is 1.15. The van der Waals surface area contributed by atoms with Crippen LogP contribution < -0.4 is 5.30 Å². The van der Waals surface area contributed by atoms with Crippen LogP contribution in [0.3, 0.4) is 0 Å². The van der Waals surface area contributed by atoms with Gasteiger partial charge in [0.2, 0.25) is 0 Å². The van der Waals surface area contributed by atoms with Gasteiger partial charge in [0.25, 0.3) is 0 Å². The number of hydrogen-bond acceptors (Lipinski definition) is 3. The largest absolute Gasteiger partial charge is 0.444 e. The van der Waals surface area contributed by atoms with E-state index in [0.717, 1.165) is 22.0 Å². The molecule has 1 aromatic rings. The Hall–Kier alpha value is -1.85. The Labute approximate surface area is 140 Å². The van der Waals surface area contributed by atoms with Gasteiger partial charge >= 0.3 is 6.09 Å². The van der Waals surface area contributed by atoms with E-state index in [9.17, 15) is 10.1 Å². The molecule has 0 saturated carbocycles. The predicted molar refractivity (Wildman–Crippen MR) is 95.4 cm³/mol. The summed E-state index contributed by atoms with van der Waals surface area (Å²) in [4.78, 5) is 13.8.